The van der Waals surface area contributed by atoms with Gasteiger partial charge in [-0.25, -0.2) is 16.8 Å². The van der Waals surface area contributed by atoms with E-state index in [9.17, 15) is 25.9 Å². The first-order valence-electron chi connectivity index (χ1n) is 14.9. The summed E-state index contributed by atoms with van der Waals surface area (Å²) in [5.41, 5.74) is 3.28. The topological polar surface area (TPSA) is 122 Å². The summed E-state index contributed by atoms with van der Waals surface area (Å²) < 4.78 is 70.9. The Labute approximate surface area is 304 Å². The molecule has 0 atom stereocenters. The minimum absolute atomic E-state index is 0.301. The Balaban J connectivity index is 1.75. The lowest BCUT2D eigenvalue weighted by Gasteiger charge is -2.22. The number of thiazole rings is 1. The Morgan fingerprint density at radius 1 is 0.830 bits per heavy atom. The van der Waals surface area contributed by atoms with Gasteiger partial charge in [-0.1, -0.05) is 30.0 Å². The summed E-state index contributed by atoms with van der Waals surface area (Å²) in [6, 6.07) is 8.84. The highest BCUT2D eigenvalue weighted by Crippen LogP contribution is 2.50. The predicted molar refractivity (Wildman–Crippen MR) is 203 cm³/mol. The number of unbranched alkanes of at least 4 members (excludes halogenated alkanes) is 2. The molecule has 2 heterocycles. The van der Waals surface area contributed by atoms with E-state index in [1.54, 1.807) is 70.1 Å². The fourth-order valence-electron chi connectivity index (χ4n) is 5.19. The number of anilines is 1. The highest BCUT2D eigenvalue weighted by molar-refractivity contribution is 8.04. The summed E-state index contributed by atoms with van der Waals surface area (Å²) in [6.07, 6.45) is 15.2. The first-order valence-corrected chi connectivity index (χ1v) is 24.6. The minimum atomic E-state index is -4.26. The standard InChI is InChI=1S/C31H40N2O6S8/c1-6-21(15-30-32(11-7-9-13-46(34,35)36)22-17-26(40-2)28(42-4)19-24(22)44-30)16-31-33(12-8-10-14-47(37,38)39)23-18-27(41-3)29(43-5)20-25(23)45-31/h15-20H,6-14H2,1-5H3,(H-,34,35,36,37,38,39)/p-1. The molecule has 0 spiro atoms. The lowest BCUT2D eigenvalue weighted by Crippen LogP contribution is -2.35. The molecule has 2 aromatic carbocycles. The zero-order valence-electron chi connectivity index (χ0n) is 26.9. The smallest absolute Gasteiger partial charge is 0.263 e. The van der Waals surface area contributed by atoms with E-state index in [0.29, 0.717) is 38.8 Å². The Bertz CT molecular complexity index is 1870. The summed E-state index contributed by atoms with van der Waals surface area (Å²) in [4.78, 5) is 8.16. The van der Waals surface area contributed by atoms with E-state index in [1.807, 2.05) is 0 Å². The number of fused-ring (bicyclic) bond motifs is 2. The van der Waals surface area contributed by atoms with Crippen LogP contribution in [0.3, 0.4) is 0 Å². The van der Waals surface area contributed by atoms with Crippen molar-refractivity contribution < 1.29 is 30.5 Å². The van der Waals surface area contributed by atoms with Crippen LogP contribution in [-0.2, 0) is 26.8 Å². The van der Waals surface area contributed by atoms with Crippen LogP contribution in [0.2, 0.25) is 0 Å². The van der Waals surface area contributed by atoms with Gasteiger partial charge in [-0.2, -0.15) is 4.57 Å². The number of rotatable bonds is 17. The Morgan fingerprint density at radius 3 is 2.00 bits per heavy atom. The van der Waals surface area contributed by atoms with E-state index >= 15 is 0 Å². The van der Waals surface area contributed by atoms with Crippen LogP contribution in [0.5, 0.6) is 0 Å². The molecule has 16 heteroatoms. The molecule has 0 unspecified atom stereocenters. The van der Waals surface area contributed by atoms with Crippen molar-refractivity contribution in [3.05, 3.63) is 46.0 Å². The molecular weight excluding hydrogens is 753 g/mol. The molecule has 47 heavy (non-hydrogen) atoms. The second-order valence-electron chi connectivity index (χ2n) is 10.7. The van der Waals surface area contributed by atoms with Crippen molar-refractivity contribution in [2.75, 3.05) is 48.0 Å². The fourth-order valence-corrected chi connectivity index (χ4v) is 11.8. The highest BCUT2D eigenvalue weighted by Gasteiger charge is 2.27. The van der Waals surface area contributed by atoms with E-state index in [0.717, 1.165) is 42.8 Å². The van der Waals surface area contributed by atoms with Crippen LogP contribution < -0.4 is 9.47 Å². The van der Waals surface area contributed by atoms with E-state index in [1.165, 1.54) is 19.6 Å². The molecule has 0 radical (unpaired) electrons. The molecule has 8 nitrogen and oxygen atoms in total. The maximum atomic E-state index is 11.3. The van der Waals surface area contributed by atoms with Crippen molar-refractivity contribution in [2.24, 2.45) is 0 Å². The lowest BCUT2D eigenvalue weighted by atomic mass is 10.2. The summed E-state index contributed by atoms with van der Waals surface area (Å²) >= 11 is 10.2. The summed E-state index contributed by atoms with van der Waals surface area (Å²) in [7, 11) is -8.53. The van der Waals surface area contributed by atoms with Gasteiger partial charge < -0.3 is 14.0 Å². The normalized spacial score (nSPS) is 14.9. The van der Waals surface area contributed by atoms with Gasteiger partial charge in [0, 0.05) is 61.1 Å². The monoisotopic (exact) mass is 791 g/mol. The quantitative estimate of drug-likeness (QED) is 0.0571. The van der Waals surface area contributed by atoms with Gasteiger partial charge in [0.2, 0.25) is 5.52 Å². The molecule has 0 amide bonds. The molecule has 258 valence electrons. The van der Waals surface area contributed by atoms with Gasteiger partial charge in [-0.05, 0) is 80.6 Å². The average molecular weight is 792 g/mol. The van der Waals surface area contributed by atoms with Gasteiger partial charge in [-0.15, -0.1) is 47.0 Å². The molecule has 4 rings (SSSR count). The van der Waals surface area contributed by atoms with Gasteiger partial charge in [-0.3, -0.25) is 0 Å². The number of allylic oxidation sites excluding steroid dienone is 2. The zero-order valence-corrected chi connectivity index (χ0v) is 33.5. The number of aryl methyl sites for hydroxylation is 1. The number of hydrogen-bond acceptors (Lipinski definition) is 13. The minimum Gasteiger partial charge on any atom is -0.748 e. The molecule has 0 aliphatic carbocycles. The van der Waals surface area contributed by atoms with Crippen molar-refractivity contribution >= 4 is 112 Å². The molecule has 0 saturated heterocycles. The molecule has 1 aliphatic rings. The molecule has 0 N–H and O–H groups in total. The second-order valence-corrected chi connectivity index (χ2v) is 19.3. The lowest BCUT2D eigenvalue weighted by molar-refractivity contribution is -0.669. The van der Waals surface area contributed by atoms with Gasteiger partial charge in [0.1, 0.15) is 4.70 Å². The summed E-state index contributed by atoms with van der Waals surface area (Å²) in [6.45, 7) is 3.29. The van der Waals surface area contributed by atoms with Gasteiger partial charge in [0.15, 0.2) is 6.54 Å². The molecule has 0 bridgehead atoms. The van der Waals surface area contributed by atoms with Crippen molar-refractivity contribution in [1.82, 2.24) is 0 Å². The molecule has 1 aromatic heterocycles. The number of nitrogens with zero attached hydrogens (tertiary/aromatic N) is 2. The maximum Gasteiger partial charge on any atom is 0.263 e. The third kappa shape index (κ3) is 10.6. The van der Waals surface area contributed by atoms with Crippen molar-refractivity contribution in [1.29, 1.82) is 0 Å². The third-order valence-electron chi connectivity index (χ3n) is 7.55. The molecule has 0 saturated carbocycles. The Morgan fingerprint density at radius 2 is 1.40 bits per heavy atom. The van der Waals surface area contributed by atoms with Crippen LogP contribution in [0.4, 0.5) is 5.69 Å². The Kier molecular flexibility index (Phi) is 14.4. The molecular formula is C31H39N2O6S8-. The van der Waals surface area contributed by atoms with Crippen molar-refractivity contribution in [3.63, 3.8) is 0 Å². The number of benzene rings is 2. The summed E-state index contributed by atoms with van der Waals surface area (Å²) in [5.74, 6) is -0.741. The number of hydrogen-bond donors (Lipinski definition) is 0. The SMILES string of the molecule is CCC(=C/c1sc2cc(SC)c(SC)cc2[n+]1CCCCS(=O)(=O)[O-])/C=C1/Sc2cc(SC)c(SC)cc2N1CCCCS(=O)(=O)[O-]. The maximum absolute atomic E-state index is 11.3. The van der Waals surface area contributed by atoms with Gasteiger partial charge in [0.05, 0.1) is 31.0 Å². The zero-order chi connectivity index (χ0) is 34.4. The first-order chi connectivity index (χ1) is 22.3. The summed E-state index contributed by atoms with van der Waals surface area (Å²) in [5, 5.41) is 2.09. The largest absolute Gasteiger partial charge is 0.748 e. The van der Waals surface area contributed by atoms with Crippen LogP contribution in [0.15, 0.2) is 65.4 Å². The first kappa shape index (κ1) is 39.0. The average Bonchev–Trinajstić information content (AvgIpc) is 3.53. The van der Waals surface area contributed by atoms with Crippen LogP contribution in [0.25, 0.3) is 16.3 Å². The number of thioether (sulfide) groups is 5. The van der Waals surface area contributed by atoms with Crippen LogP contribution in [0, 0.1) is 0 Å². The van der Waals surface area contributed by atoms with E-state index in [-0.39, 0.29) is 11.5 Å². The number of aromatic nitrogens is 1. The Hall–Kier alpha value is -0.820. The van der Waals surface area contributed by atoms with Gasteiger partial charge >= 0.3 is 0 Å². The van der Waals surface area contributed by atoms with E-state index in [4.69, 9.17) is 0 Å². The molecule has 1 aliphatic heterocycles. The molecule has 3 aromatic rings. The van der Waals surface area contributed by atoms with Crippen LogP contribution in [0.1, 0.15) is 44.0 Å². The van der Waals surface area contributed by atoms with E-state index in [2.05, 4.69) is 77.8 Å². The second kappa shape index (κ2) is 17.4. The molecule has 0 fully saturated rings. The van der Waals surface area contributed by atoms with Crippen molar-refractivity contribution in [2.45, 2.75) is 70.1 Å². The fraction of sp³-hybridized carbons (Fsp3) is 0.452. The van der Waals surface area contributed by atoms with Crippen LogP contribution in [-0.4, -0.2) is 69.0 Å². The highest BCUT2D eigenvalue weighted by atomic mass is 32.2. The third-order valence-corrected chi connectivity index (χ3v) is 14.7. The van der Waals surface area contributed by atoms with Crippen LogP contribution >= 0.6 is 70.1 Å². The van der Waals surface area contributed by atoms with E-state index < -0.39 is 20.2 Å². The van der Waals surface area contributed by atoms with Gasteiger partial charge in [0.25, 0.3) is 5.01 Å². The van der Waals surface area contributed by atoms with Crippen molar-refractivity contribution in [3.8, 4) is 0 Å². The predicted octanol–water partition coefficient (Wildman–Crippen LogP) is 7.97.